The zero-order chi connectivity index (χ0) is 12.8. The molecular formula is C10H7I2N3O2. The van der Waals surface area contributed by atoms with E-state index in [9.17, 15) is 9.90 Å². The number of nitriles is 1. The first-order valence-corrected chi connectivity index (χ1v) is 6.57. The molecule has 1 rings (SSSR count). The van der Waals surface area contributed by atoms with Gasteiger partial charge in [-0.05, 0) is 62.9 Å². The van der Waals surface area contributed by atoms with E-state index in [1.165, 1.54) is 6.21 Å². The summed E-state index contributed by atoms with van der Waals surface area (Å²) in [6, 6.07) is 5.19. The predicted molar refractivity (Wildman–Crippen MR) is 79.5 cm³/mol. The lowest BCUT2D eigenvalue weighted by Crippen LogP contribution is -2.16. The molecule has 0 aliphatic rings. The number of aromatic hydroxyl groups is 1. The van der Waals surface area contributed by atoms with Gasteiger partial charge in [-0.3, -0.25) is 4.79 Å². The number of phenolic OH excluding ortho intramolecular Hbond substituents is 1. The van der Waals surface area contributed by atoms with Gasteiger partial charge in [0.15, 0.2) is 0 Å². The third kappa shape index (κ3) is 4.47. The number of nitrogens with zero attached hydrogens (tertiary/aromatic N) is 2. The molecule has 0 fully saturated rings. The summed E-state index contributed by atoms with van der Waals surface area (Å²) in [7, 11) is 0. The van der Waals surface area contributed by atoms with Crippen LogP contribution in [0.4, 0.5) is 0 Å². The number of carbonyl (C=O) groups is 1. The Bertz CT molecular complexity index is 486. The van der Waals surface area contributed by atoms with E-state index in [2.05, 4.69) is 10.5 Å². The maximum absolute atomic E-state index is 10.9. The van der Waals surface area contributed by atoms with Crippen LogP contribution in [0.5, 0.6) is 5.75 Å². The number of benzene rings is 1. The SMILES string of the molecule is N#CCC(=O)N/N=C\c1cc(I)c(O)c(I)c1. The quantitative estimate of drug-likeness (QED) is 0.416. The first-order valence-electron chi connectivity index (χ1n) is 4.41. The summed E-state index contributed by atoms with van der Waals surface area (Å²) < 4.78 is 1.42. The molecule has 0 aromatic heterocycles. The molecule has 0 saturated carbocycles. The van der Waals surface area contributed by atoms with Crippen LogP contribution in [0.25, 0.3) is 0 Å². The van der Waals surface area contributed by atoms with Crippen LogP contribution in [0, 0.1) is 18.5 Å². The van der Waals surface area contributed by atoms with Gasteiger partial charge in [-0.2, -0.15) is 10.4 Å². The standard InChI is InChI=1S/C10H7I2N3O2/c11-7-3-6(4-8(12)10(7)17)5-14-15-9(16)1-2-13/h3-5,17H,1H2,(H,15,16)/b14-5-. The van der Waals surface area contributed by atoms with Gasteiger partial charge in [0.2, 0.25) is 0 Å². The summed E-state index contributed by atoms with van der Waals surface area (Å²) in [5.74, 6) is -0.219. The number of carbonyl (C=O) groups excluding carboxylic acids is 1. The van der Waals surface area contributed by atoms with E-state index >= 15 is 0 Å². The maximum Gasteiger partial charge on any atom is 0.254 e. The number of hydrazone groups is 1. The van der Waals surface area contributed by atoms with Crippen molar-refractivity contribution in [1.29, 1.82) is 5.26 Å². The Hall–Kier alpha value is -0.890. The number of hydrogen-bond donors (Lipinski definition) is 2. The molecule has 0 aliphatic carbocycles. The van der Waals surface area contributed by atoms with E-state index < -0.39 is 5.91 Å². The van der Waals surface area contributed by atoms with Gasteiger partial charge in [-0.25, -0.2) is 5.43 Å². The first kappa shape index (κ1) is 14.2. The van der Waals surface area contributed by atoms with Crippen molar-refractivity contribution in [3.05, 3.63) is 24.8 Å². The Kier molecular flexibility index (Phi) is 5.63. The normalized spacial score (nSPS) is 10.2. The second-order valence-corrected chi connectivity index (χ2v) is 5.29. The monoisotopic (exact) mass is 455 g/mol. The summed E-state index contributed by atoms with van der Waals surface area (Å²) in [6.07, 6.45) is 1.24. The number of amides is 1. The van der Waals surface area contributed by atoms with Gasteiger partial charge in [0.25, 0.3) is 5.91 Å². The number of phenols is 1. The predicted octanol–water partition coefficient (Wildman–Crippen LogP) is 1.97. The van der Waals surface area contributed by atoms with Gasteiger partial charge >= 0.3 is 0 Å². The maximum atomic E-state index is 10.9. The summed E-state index contributed by atoms with van der Waals surface area (Å²) in [6.45, 7) is 0. The van der Waals surface area contributed by atoms with Crippen molar-refractivity contribution >= 4 is 57.3 Å². The van der Waals surface area contributed by atoms with E-state index in [0.29, 0.717) is 7.14 Å². The highest BCUT2D eigenvalue weighted by Gasteiger charge is 2.04. The Balaban J connectivity index is 2.73. The molecule has 0 heterocycles. The van der Waals surface area contributed by atoms with Crippen LogP contribution in [0.1, 0.15) is 12.0 Å². The molecule has 1 aromatic rings. The van der Waals surface area contributed by atoms with Crippen molar-refractivity contribution in [1.82, 2.24) is 5.43 Å². The van der Waals surface area contributed by atoms with Gasteiger partial charge in [0, 0.05) is 0 Å². The smallest absolute Gasteiger partial charge is 0.254 e. The topological polar surface area (TPSA) is 85.5 Å². The summed E-state index contributed by atoms with van der Waals surface area (Å²) >= 11 is 4.01. The Morgan fingerprint density at radius 1 is 1.53 bits per heavy atom. The highest BCUT2D eigenvalue weighted by atomic mass is 127. The minimum absolute atomic E-state index is 0.220. The molecule has 5 nitrogen and oxygen atoms in total. The van der Waals surface area contributed by atoms with Gasteiger partial charge in [-0.15, -0.1) is 0 Å². The minimum Gasteiger partial charge on any atom is -0.506 e. The first-order chi connectivity index (χ1) is 8.04. The average molecular weight is 455 g/mol. The van der Waals surface area contributed by atoms with Crippen LogP contribution in [0.2, 0.25) is 0 Å². The molecule has 2 N–H and O–H groups in total. The highest BCUT2D eigenvalue weighted by Crippen LogP contribution is 2.26. The number of halogens is 2. The molecule has 88 valence electrons. The van der Waals surface area contributed by atoms with Crippen molar-refractivity contribution in [2.75, 3.05) is 0 Å². The number of hydrogen-bond acceptors (Lipinski definition) is 4. The number of rotatable bonds is 3. The lowest BCUT2D eigenvalue weighted by molar-refractivity contribution is -0.120. The second kappa shape index (κ2) is 6.75. The van der Waals surface area contributed by atoms with Crippen LogP contribution in [0.15, 0.2) is 17.2 Å². The largest absolute Gasteiger partial charge is 0.506 e. The fourth-order valence-electron chi connectivity index (χ4n) is 0.950. The fourth-order valence-corrected chi connectivity index (χ4v) is 2.77. The molecule has 0 spiro atoms. The van der Waals surface area contributed by atoms with Gasteiger partial charge < -0.3 is 5.11 Å². The van der Waals surface area contributed by atoms with Crippen molar-refractivity contribution < 1.29 is 9.90 Å². The minimum atomic E-state index is -0.452. The molecule has 0 aliphatic heterocycles. The molecule has 1 amide bonds. The van der Waals surface area contributed by atoms with E-state index in [1.54, 1.807) is 18.2 Å². The Morgan fingerprint density at radius 3 is 2.65 bits per heavy atom. The van der Waals surface area contributed by atoms with Crippen molar-refractivity contribution in [2.45, 2.75) is 6.42 Å². The molecule has 17 heavy (non-hydrogen) atoms. The molecule has 1 aromatic carbocycles. The van der Waals surface area contributed by atoms with Crippen LogP contribution in [-0.2, 0) is 4.79 Å². The lowest BCUT2D eigenvalue weighted by Gasteiger charge is -2.01. The zero-order valence-corrected chi connectivity index (χ0v) is 12.8. The van der Waals surface area contributed by atoms with Crippen LogP contribution < -0.4 is 5.43 Å². The fraction of sp³-hybridized carbons (Fsp3) is 0.100. The van der Waals surface area contributed by atoms with Crippen LogP contribution in [-0.4, -0.2) is 17.2 Å². The van der Waals surface area contributed by atoms with Gasteiger partial charge in [0.1, 0.15) is 12.2 Å². The zero-order valence-electron chi connectivity index (χ0n) is 8.44. The third-order valence-electron chi connectivity index (χ3n) is 1.68. The van der Waals surface area contributed by atoms with Crippen molar-refractivity contribution in [3.8, 4) is 11.8 Å². The molecule has 0 atom stereocenters. The molecule has 0 saturated heterocycles. The van der Waals surface area contributed by atoms with E-state index in [4.69, 9.17) is 5.26 Å². The lowest BCUT2D eigenvalue weighted by atomic mass is 10.2. The van der Waals surface area contributed by atoms with E-state index in [1.807, 2.05) is 45.2 Å². The Morgan fingerprint density at radius 2 is 2.12 bits per heavy atom. The second-order valence-electron chi connectivity index (χ2n) is 2.96. The van der Waals surface area contributed by atoms with Gasteiger partial charge in [-0.1, -0.05) is 0 Å². The molecule has 7 heteroatoms. The molecule has 0 bridgehead atoms. The summed E-state index contributed by atoms with van der Waals surface area (Å²) in [5, 5.41) is 21.5. The molecule has 0 radical (unpaired) electrons. The Labute approximate surface area is 125 Å². The van der Waals surface area contributed by atoms with Crippen molar-refractivity contribution in [2.24, 2.45) is 5.10 Å². The average Bonchev–Trinajstić information content (AvgIpc) is 2.26. The molecule has 0 unspecified atom stereocenters. The van der Waals surface area contributed by atoms with Crippen LogP contribution in [0.3, 0.4) is 0 Å². The molecular weight excluding hydrogens is 448 g/mol. The van der Waals surface area contributed by atoms with Crippen molar-refractivity contribution in [3.63, 3.8) is 0 Å². The summed E-state index contributed by atoms with van der Waals surface area (Å²) in [5.41, 5.74) is 2.98. The van der Waals surface area contributed by atoms with Gasteiger partial charge in [0.05, 0.1) is 19.4 Å². The van der Waals surface area contributed by atoms with Crippen LogP contribution >= 0.6 is 45.2 Å². The third-order valence-corrected chi connectivity index (χ3v) is 3.33. The summed E-state index contributed by atoms with van der Waals surface area (Å²) in [4.78, 5) is 10.9. The highest BCUT2D eigenvalue weighted by molar-refractivity contribution is 14.1. The van der Waals surface area contributed by atoms with E-state index in [-0.39, 0.29) is 12.2 Å². The van der Waals surface area contributed by atoms with E-state index in [0.717, 1.165) is 5.56 Å². The number of nitrogens with one attached hydrogen (secondary N) is 1.